The molecule has 0 bridgehead atoms. The number of allylic oxidation sites excluding steroid dienone is 1. The van der Waals surface area contributed by atoms with E-state index in [1.807, 2.05) is 0 Å². The summed E-state index contributed by atoms with van der Waals surface area (Å²) in [6.45, 7) is 9.29. The zero-order valence-corrected chi connectivity index (χ0v) is 8.31. The molecular weight excluding hydrogens is 150 g/mol. The highest BCUT2D eigenvalue weighted by Gasteiger charge is 2.09. The SMILES string of the molecule is CC(C)(C)C/C=C1/COCCN1. The Kier molecular flexibility index (Phi) is 3.15. The average molecular weight is 169 g/mol. The lowest BCUT2D eigenvalue weighted by Gasteiger charge is -2.20. The van der Waals surface area contributed by atoms with E-state index in [1.54, 1.807) is 0 Å². The van der Waals surface area contributed by atoms with E-state index in [0.29, 0.717) is 5.41 Å². The van der Waals surface area contributed by atoms with Crippen molar-refractivity contribution in [2.75, 3.05) is 19.8 Å². The van der Waals surface area contributed by atoms with Gasteiger partial charge in [-0.25, -0.2) is 0 Å². The number of rotatable bonds is 1. The number of ether oxygens (including phenoxy) is 1. The first-order chi connectivity index (χ1) is 5.58. The molecule has 1 rings (SSSR count). The lowest BCUT2D eigenvalue weighted by Crippen LogP contribution is -2.28. The van der Waals surface area contributed by atoms with Gasteiger partial charge in [-0.2, -0.15) is 0 Å². The number of morpholine rings is 1. The Morgan fingerprint density at radius 3 is 2.75 bits per heavy atom. The second-order valence-corrected chi connectivity index (χ2v) is 4.47. The number of hydrogen-bond acceptors (Lipinski definition) is 2. The van der Waals surface area contributed by atoms with Crippen molar-refractivity contribution in [3.05, 3.63) is 11.8 Å². The maximum Gasteiger partial charge on any atom is 0.0860 e. The average Bonchev–Trinajstić information content (AvgIpc) is 2.02. The van der Waals surface area contributed by atoms with Gasteiger partial charge in [0, 0.05) is 12.2 Å². The molecule has 0 aromatic carbocycles. The summed E-state index contributed by atoms with van der Waals surface area (Å²) in [7, 11) is 0. The van der Waals surface area contributed by atoms with Gasteiger partial charge in [-0.1, -0.05) is 26.8 Å². The monoisotopic (exact) mass is 169 g/mol. The molecule has 70 valence electrons. The van der Waals surface area contributed by atoms with Gasteiger partial charge in [0.2, 0.25) is 0 Å². The maximum absolute atomic E-state index is 5.32. The molecule has 1 heterocycles. The van der Waals surface area contributed by atoms with E-state index in [0.717, 1.165) is 26.2 Å². The van der Waals surface area contributed by atoms with Crippen LogP contribution in [0.15, 0.2) is 11.8 Å². The summed E-state index contributed by atoms with van der Waals surface area (Å²) in [6, 6.07) is 0. The van der Waals surface area contributed by atoms with Crippen molar-refractivity contribution < 1.29 is 4.74 Å². The van der Waals surface area contributed by atoms with Crippen LogP contribution in [-0.2, 0) is 4.74 Å². The third-order valence-corrected chi connectivity index (χ3v) is 1.82. The smallest absolute Gasteiger partial charge is 0.0860 e. The minimum absolute atomic E-state index is 0.381. The van der Waals surface area contributed by atoms with Gasteiger partial charge in [-0.15, -0.1) is 0 Å². The molecule has 2 nitrogen and oxygen atoms in total. The summed E-state index contributed by atoms with van der Waals surface area (Å²) in [5.41, 5.74) is 1.63. The van der Waals surface area contributed by atoms with E-state index in [2.05, 4.69) is 32.2 Å². The molecule has 0 unspecified atom stereocenters. The van der Waals surface area contributed by atoms with Crippen molar-refractivity contribution in [2.45, 2.75) is 27.2 Å². The molecule has 12 heavy (non-hydrogen) atoms. The highest BCUT2D eigenvalue weighted by Crippen LogP contribution is 2.19. The second kappa shape index (κ2) is 3.94. The van der Waals surface area contributed by atoms with Crippen molar-refractivity contribution in [3.8, 4) is 0 Å². The molecule has 0 radical (unpaired) electrons. The minimum Gasteiger partial charge on any atom is -0.384 e. The second-order valence-electron chi connectivity index (χ2n) is 4.47. The largest absolute Gasteiger partial charge is 0.384 e. The van der Waals surface area contributed by atoms with Crippen LogP contribution < -0.4 is 5.32 Å². The van der Waals surface area contributed by atoms with Crippen LogP contribution in [0.2, 0.25) is 0 Å². The zero-order valence-electron chi connectivity index (χ0n) is 8.31. The van der Waals surface area contributed by atoms with Crippen LogP contribution in [0, 0.1) is 5.41 Å². The van der Waals surface area contributed by atoms with Gasteiger partial charge in [0.15, 0.2) is 0 Å². The van der Waals surface area contributed by atoms with E-state index in [-0.39, 0.29) is 0 Å². The molecule has 1 fully saturated rings. The fraction of sp³-hybridized carbons (Fsp3) is 0.800. The highest BCUT2D eigenvalue weighted by molar-refractivity contribution is 5.02. The topological polar surface area (TPSA) is 21.3 Å². The van der Waals surface area contributed by atoms with Crippen LogP contribution in [0.4, 0.5) is 0 Å². The van der Waals surface area contributed by atoms with Gasteiger partial charge < -0.3 is 10.1 Å². The molecule has 0 saturated carbocycles. The van der Waals surface area contributed by atoms with Crippen LogP contribution in [0.25, 0.3) is 0 Å². The summed E-state index contributed by atoms with van der Waals surface area (Å²) < 4.78 is 5.32. The summed E-state index contributed by atoms with van der Waals surface area (Å²) in [4.78, 5) is 0. The van der Waals surface area contributed by atoms with Gasteiger partial charge in [0.05, 0.1) is 13.2 Å². The van der Waals surface area contributed by atoms with Gasteiger partial charge in [-0.05, 0) is 11.8 Å². The molecule has 1 saturated heterocycles. The van der Waals surface area contributed by atoms with Gasteiger partial charge in [-0.3, -0.25) is 0 Å². The molecule has 1 aliphatic heterocycles. The number of hydrogen-bond donors (Lipinski definition) is 1. The summed E-state index contributed by atoms with van der Waals surface area (Å²) >= 11 is 0. The van der Waals surface area contributed by atoms with Crippen molar-refractivity contribution in [3.63, 3.8) is 0 Å². The number of nitrogens with one attached hydrogen (secondary N) is 1. The van der Waals surface area contributed by atoms with Crippen LogP contribution in [-0.4, -0.2) is 19.8 Å². The first-order valence-corrected chi connectivity index (χ1v) is 4.58. The Balaban J connectivity index is 2.35. The van der Waals surface area contributed by atoms with E-state index in [1.165, 1.54) is 5.70 Å². The van der Waals surface area contributed by atoms with Crippen LogP contribution in [0.5, 0.6) is 0 Å². The van der Waals surface area contributed by atoms with Crippen LogP contribution in [0.1, 0.15) is 27.2 Å². The Bertz CT molecular complexity index is 159. The molecule has 1 N–H and O–H groups in total. The Morgan fingerprint density at radius 2 is 2.25 bits per heavy atom. The van der Waals surface area contributed by atoms with Gasteiger partial charge in [0.25, 0.3) is 0 Å². The van der Waals surface area contributed by atoms with E-state index in [9.17, 15) is 0 Å². The van der Waals surface area contributed by atoms with Gasteiger partial charge >= 0.3 is 0 Å². The lowest BCUT2D eigenvalue weighted by molar-refractivity contribution is 0.131. The lowest BCUT2D eigenvalue weighted by atomic mass is 9.92. The third kappa shape index (κ3) is 3.77. The normalized spacial score (nSPS) is 22.4. The van der Waals surface area contributed by atoms with E-state index < -0.39 is 0 Å². The quantitative estimate of drug-likeness (QED) is 0.647. The van der Waals surface area contributed by atoms with Gasteiger partial charge in [0.1, 0.15) is 0 Å². The minimum atomic E-state index is 0.381. The maximum atomic E-state index is 5.32. The molecule has 2 heteroatoms. The summed E-state index contributed by atoms with van der Waals surface area (Å²) in [5, 5.41) is 3.33. The Hall–Kier alpha value is -0.500. The van der Waals surface area contributed by atoms with E-state index >= 15 is 0 Å². The first-order valence-electron chi connectivity index (χ1n) is 4.58. The highest BCUT2D eigenvalue weighted by atomic mass is 16.5. The fourth-order valence-electron chi connectivity index (χ4n) is 1.08. The molecule has 0 aromatic rings. The van der Waals surface area contributed by atoms with Crippen molar-refractivity contribution in [1.82, 2.24) is 5.32 Å². The molecule has 0 atom stereocenters. The molecule has 0 aliphatic carbocycles. The first kappa shape index (κ1) is 9.59. The fourth-order valence-corrected chi connectivity index (χ4v) is 1.08. The predicted octanol–water partition coefficient (Wildman–Crippen LogP) is 1.93. The van der Waals surface area contributed by atoms with Crippen molar-refractivity contribution in [2.24, 2.45) is 5.41 Å². The summed E-state index contributed by atoms with van der Waals surface area (Å²) in [6.07, 6.45) is 3.36. The summed E-state index contributed by atoms with van der Waals surface area (Å²) in [5.74, 6) is 0. The Labute approximate surface area is 75.0 Å². The molecule has 0 amide bonds. The molecule has 0 aromatic heterocycles. The van der Waals surface area contributed by atoms with Crippen molar-refractivity contribution in [1.29, 1.82) is 0 Å². The van der Waals surface area contributed by atoms with E-state index in [4.69, 9.17) is 4.74 Å². The van der Waals surface area contributed by atoms with Crippen LogP contribution in [0.3, 0.4) is 0 Å². The predicted molar refractivity (Wildman–Crippen MR) is 51.0 cm³/mol. The molecule has 0 spiro atoms. The standard InChI is InChI=1S/C10H19NO/c1-10(2,3)5-4-9-8-12-7-6-11-9/h4,11H,5-8H2,1-3H3/b9-4-. The third-order valence-electron chi connectivity index (χ3n) is 1.82. The molecule has 1 aliphatic rings. The van der Waals surface area contributed by atoms with Crippen LogP contribution >= 0.6 is 0 Å². The Morgan fingerprint density at radius 1 is 1.50 bits per heavy atom. The van der Waals surface area contributed by atoms with Crippen molar-refractivity contribution >= 4 is 0 Å². The zero-order chi connectivity index (χ0) is 9.03. The molecular formula is C10H19NO.